The molecule has 3 unspecified atom stereocenters. The standard InChI is InChI=1S/C21H23F3N2O/c1-13(9-14-3-2-4-16(22)10-14)21(27)26-20-12-25-8-7-17(20)15-5-6-18(23)19(24)11-15/h2-6,10-11,13,17,20,25H,7-9,12H2,1H3,(H,26,27). The van der Waals surface area contributed by atoms with Crippen molar-refractivity contribution >= 4 is 5.91 Å². The topological polar surface area (TPSA) is 41.1 Å². The molecule has 0 bridgehead atoms. The fraction of sp³-hybridized carbons (Fsp3) is 0.381. The van der Waals surface area contributed by atoms with Crippen LogP contribution in [-0.4, -0.2) is 25.0 Å². The highest BCUT2D eigenvalue weighted by Gasteiger charge is 2.29. The van der Waals surface area contributed by atoms with Crippen molar-refractivity contribution in [3.05, 3.63) is 71.0 Å². The first-order valence-corrected chi connectivity index (χ1v) is 9.14. The summed E-state index contributed by atoms with van der Waals surface area (Å²) in [4.78, 5) is 12.6. The summed E-state index contributed by atoms with van der Waals surface area (Å²) in [5.74, 6) is -2.64. The van der Waals surface area contributed by atoms with Gasteiger partial charge in [-0.05, 0) is 54.8 Å². The maximum Gasteiger partial charge on any atom is 0.223 e. The molecule has 1 aliphatic rings. The zero-order valence-corrected chi connectivity index (χ0v) is 15.1. The summed E-state index contributed by atoms with van der Waals surface area (Å²) < 4.78 is 40.2. The number of rotatable bonds is 5. The molecule has 1 saturated heterocycles. The van der Waals surface area contributed by atoms with Crippen LogP contribution >= 0.6 is 0 Å². The van der Waals surface area contributed by atoms with Gasteiger partial charge in [-0.25, -0.2) is 13.2 Å². The Labute approximate surface area is 157 Å². The van der Waals surface area contributed by atoms with Gasteiger partial charge in [-0.2, -0.15) is 0 Å². The molecular weight excluding hydrogens is 353 g/mol. The molecule has 0 spiro atoms. The second-order valence-electron chi connectivity index (χ2n) is 7.12. The monoisotopic (exact) mass is 376 g/mol. The summed E-state index contributed by atoms with van der Waals surface area (Å²) in [6.07, 6.45) is 1.15. The zero-order valence-electron chi connectivity index (χ0n) is 15.1. The van der Waals surface area contributed by atoms with Crippen LogP contribution in [0.15, 0.2) is 42.5 Å². The van der Waals surface area contributed by atoms with Crippen molar-refractivity contribution in [3.8, 4) is 0 Å². The van der Waals surface area contributed by atoms with Gasteiger partial charge in [0, 0.05) is 24.4 Å². The van der Waals surface area contributed by atoms with E-state index in [-0.39, 0.29) is 29.6 Å². The molecule has 3 nitrogen and oxygen atoms in total. The average Bonchev–Trinajstić information content (AvgIpc) is 2.64. The summed E-state index contributed by atoms with van der Waals surface area (Å²) in [6, 6.07) is 9.90. The van der Waals surface area contributed by atoms with E-state index in [1.54, 1.807) is 25.1 Å². The molecule has 6 heteroatoms. The number of nitrogens with one attached hydrogen (secondary N) is 2. The first-order valence-electron chi connectivity index (χ1n) is 9.14. The van der Waals surface area contributed by atoms with Crippen molar-refractivity contribution in [3.63, 3.8) is 0 Å². The van der Waals surface area contributed by atoms with E-state index in [4.69, 9.17) is 0 Å². The highest BCUT2D eigenvalue weighted by Crippen LogP contribution is 2.27. The van der Waals surface area contributed by atoms with Crippen LogP contribution in [0.5, 0.6) is 0 Å². The van der Waals surface area contributed by atoms with Crippen molar-refractivity contribution in [1.29, 1.82) is 0 Å². The van der Waals surface area contributed by atoms with Crippen LogP contribution in [0, 0.1) is 23.4 Å². The van der Waals surface area contributed by atoms with Gasteiger partial charge < -0.3 is 10.6 Å². The lowest BCUT2D eigenvalue weighted by Crippen LogP contribution is -2.51. The predicted octanol–water partition coefficient (Wildman–Crippen LogP) is 3.54. The molecule has 0 aliphatic carbocycles. The number of hydrogen-bond acceptors (Lipinski definition) is 2. The molecule has 2 aromatic rings. The van der Waals surface area contributed by atoms with Crippen LogP contribution in [-0.2, 0) is 11.2 Å². The van der Waals surface area contributed by atoms with Gasteiger partial charge in [0.05, 0.1) is 0 Å². The number of amides is 1. The molecule has 1 amide bonds. The normalized spacial score (nSPS) is 20.9. The van der Waals surface area contributed by atoms with Gasteiger partial charge in [-0.15, -0.1) is 0 Å². The number of benzene rings is 2. The third-order valence-electron chi connectivity index (χ3n) is 5.06. The Morgan fingerprint density at radius 2 is 2.00 bits per heavy atom. The number of carbonyl (C=O) groups is 1. The lowest BCUT2D eigenvalue weighted by molar-refractivity contribution is -0.125. The lowest BCUT2D eigenvalue weighted by atomic mass is 9.85. The molecule has 144 valence electrons. The van der Waals surface area contributed by atoms with Crippen molar-refractivity contribution in [2.45, 2.75) is 31.7 Å². The SMILES string of the molecule is CC(Cc1cccc(F)c1)C(=O)NC1CNCCC1c1ccc(F)c(F)c1. The zero-order chi connectivity index (χ0) is 19.4. The summed E-state index contributed by atoms with van der Waals surface area (Å²) in [7, 11) is 0. The maximum atomic E-state index is 13.6. The largest absolute Gasteiger partial charge is 0.351 e. The Morgan fingerprint density at radius 3 is 2.74 bits per heavy atom. The quantitative estimate of drug-likeness (QED) is 0.838. The summed E-state index contributed by atoms with van der Waals surface area (Å²) in [5, 5.41) is 6.25. The van der Waals surface area contributed by atoms with E-state index in [9.17, 15) is 18.0 Å². The fourth-order valence-corrected chi connectivity index (χ4v) is 3.59. The molecule has 1 heterocycles. The van der Waals surface area contributed by atoms with E-state index in [1.165, 1.54) is 18.2 Å². The fourth-order valence-electron chi connectivity index (χ4n) is 3.59. The van der Waals surface area contributed by atoms with E-state index >= 15 is 0 Å². The van der Waals surface area contributed by atoms with E-state index < -0.39 is 11.6 Å². The van der Waals surface area contributed by atoms with Gasteiger partial charge in [0.1, 0.15) is 5.82 Å². The molecule has 3 rings (SSSR count). The van der Waals surface area contributed by atoms with Gasteiger partial charge >= 0.3 is 0 Å². The molecule has 27 heavy (non-hydrogen) atoms. The molecule has 1 aliphatic heterocycles. The minimum absolute atomic E-state index is 0.0910. The maximum absolute atomic E-state index is 13.6. The Morgan fingerprint density at radius 1 is 1.19 bits per heavy atom. The second-order valence-corrected chi connectivity index (χ2v) is 7.12. The van der Waals surface area contributed by atoms with E-state index in [2.05, 4.69) is 10.6 Å². The first-order chi connectivity index (χ1) is 12.9. The highest BCUT2D eigenvalue weighted by atomic mass is 19.2. The first kappa shape index (κ1) is 19.4. The number of hydrogen-bond donors (Lipinski definition) is 2. The lowest BCUT2D eigenvalue weighted by Gasteiger charge is -2.34. The van der Waals surface area contributed by atoms with E-state index in [0.29, 0.717) is 24.9 Å². The molecule has 0 radical (unpaired) electrons. The third-order valence-corrected chi connectivity index (χ3v) is 5.06. The van der Waals surface area contributed by atoms with Gasteiger partial charge in [-0.3, -0.25) is 4.79 Å². The number of piperidine rings is 1. The Kier molecular flexibility index (Phi) is 6.16. The molecule has 1 fully saturated rings. The molecular formula is C21H23F3N2O. The van der Waals surface area contributed by atoms with Gasteiger partial charge in [-0.1, -0.05) is 25.1 Å². The third kappa shape index (κ3) is 4.89. The van der Waals surface area contributed by atoms with Crippen LogP contribution in [0.1, 0.15) is 30.4 Å². The molecule has 2 aromatic carbocycles. The molecule has 3 atom stereocenters. The van der Waals surface area contributed by atoms with Crippen LogP contribution in [0.2, 0.25) is 0 Å². The summed E-state index contributed by atoms with van der Waals surface area (Å²) in [5.41, 5.74) is 1.44. The van der Waals surface area contributed by atoms with Crippen LogP contribution in [0.3, 0.4) is 0 Å². The van der Waals surface area contributed by atoms with Gasteiger partial charge in [0.2, 0.25) is 5.91 Å². The predicted molar refractivity (Wildman–Crippen MR) is 97.8 cm³/mol. The van der Waals surface area contributed by atoms with Gasteiger partial charge in [0.25, 0.3) is 0 Å². The Hall–Kier alpha value is -2.34. The molecule has 2 N–H and O–H groups in total. The van der Waals surface area contributed by atoms with Crippen LogP contribution in [0.4, 0.5) is 13.2 Å². The number of halogens is 3. The summed E-state index contributed by atoms with van der Waals surface area (Å²) in [6.45, 7) is 3.10. The summed E-state index contributed by atoms with van der Waals surface area (Å²) >= 11 is 0. The van der Waals surface area contributed by atoms with E-state index in [0.717, 1.165) is 18.2 Å². The van der Waals surface area contributed by atoms with Crippen molar-refractivity contribution < 1.29 is 18.0 Å². The Bertz CT molecular complexity index is 812. The average molecular weight is 376 g/mol. The Balaban J connectivity index is 1.67. The van der Waals surface area contributed by atoms with Crippen LogP contribution < -0.4 is 10.6 Å². The minimum atomic E-state index is -0.879. The molecule has 0 saturated carbocycles. The highest BCUT2D eigenvalue weighted by molar-refractivity contribution is 5.79. The van der Waals surface area contributed by atoms with Crippen LogP contribution in [0.25, 0.3) is 0 Å². The smallest absolute Gasteiger partial charge is 0.223 e. The van der Waals surface area contributed by atoms with Crippen molar-refractivity contribution in [1.82, 2.24) is 10.6 Å². The van der Waals surface area contributed by atoms with Gasteiger partial charge in [0.15, 0.2) is 11.6 Å². The molecule has 0 aromatic heterocycles. The van der Waals surface area contributed by atoms with Crippen molar-refractivity contribution in [2.24, 2.45) is 5.92 Å². The van der Waals surface area contributed by atoms with Crippen molar-refractivity contribution in [2.75, 3.05) is 13.1 Å². The minimum Gasteiger partial charge on any atom is -0.351 e. The number of carbonyl (C=O) groups excluding carboxylic acids is 1. The van der Waals surface area contributed by atoms with E-state index in [1.807, 2.05) is 0 Å². The second kappa shape index (κ2) is 8.57.